The van der Waals surface area contributed by atoms with Crippen LogP contribution in [0, 0.1) is 0 Å². The van der Waals surface area contributed by atoms with Crippen molar-refractivity contribution in [2.45, 2.75) is 12.7 Å². The number of alkyl halides is 3. The third-order valence-electron chi connectivity index (χ3n) is 5.17. The molecule has 1 amide bonds. The molecule has 0 unspecified atom stereocenters. The Morgan fingerprint density at radius 3 is 2.68 bits per heavy atom. The number of rotatable bonds is 5. The summed E-state index contributed by atoms with van der Waals surface area (Å²) in [6, 6.07) is 10.3. The molecule has 34 heavy (non-hydrogen) atoms. The summed E-state index contributed by atoms with van der Waals surface area (Å²) >= 11 is 5.94. The SMILES string of the molecule is O=C(NCc1nnc2c(Cl)cc(C(F)(F)F)cn12)c1c[nH]cc1-c1cnn(-c2ccccc2)c1. The number of aromatic amines is 1. The van der Waals surface area contributed by atoms with Crippen molar-refractivity contribution >= 4 is 23.2 Å². The zero-order chi connectivity index (χ0) is 23.9. The van der Waals surface area contributed by atoms with Gasteiger partial charge < -0.3 is 10.3 Å². The fourth-order valence-electron chi connectivity index (χ4n) is 3.50. The molecule has 0 spiro atoms. The van der Waals surface area contributed by atoms with Gasteiger partial charge in [-0.1, -0.05) is 29.8 Å². The minimum atomic E-state index is -4.59. The molecule has 0 atom stereocenters. The van der Waals surface area contributed by atoms with Gasteiger partial charge in [-0.15, -0.1) is 10.2 Å². The minimum Gasteiger partial charge on any atom is -0.366 e. The van der Waals surface area contributed by atoms with E-state index in [2.05, 4.69) is 25.6 Å². The van der Waals surface area contributed by atoms with Gasteiger partial charge in [0.05, 0.1) is 34.6 Å². The molecule has 2 N–H and O–H groups in total. The molecule has 12 heteroatoms. The quantitative estimate of drug-likeness (QED) is 0.383. The molecule has 1 aromatic carbocycles. The van der Waals surface area contributed by atoms with Crippen LogP contribution < -0.4 is 5.32 Å². The highest BCUT2D eigenvalue weighted by molar-refractivity contribution is 6.33. The molecule has 4 aromatic heterocycles. The molecule has 0 radical (unpaired) electrons. The summed E-state index contributed by atoms with van der Waals surface area (Å²) in [5.41, 5.74) is 1.66. The van der Waals surface area contributed by atoms with Crippen LogP contribution in [-0.2, 0) is 12.7 Å². The lowest BCUT2D eigenvalue weighted by molar-refractivity contribution is -0.137. The first-order valence-electron chi connectivity index (χ1n) is 9.97. The largest absolute Gasteiger partial charge is 0.417 e. The van der Waals surface area contributed by atoms with Gasteiger partial charge >= 0.3 is 6.18 Å². The third-order valence-corrected chi connectivity index (χ3v) is 5.45. The van der Waals surface area contributed by atoms with Gasteiger partial charge in [0, 0.05) is 35.9 Å². The highest BCUT2D eigenvalue weighted by Gasteiger charge is 2.32. The number of amides is 1. The van der Waals surface area contributed by atoms with Crippen molar-refractivity contribution in [3.63, 3.8) is 0 Å². The second kappa shape index (κ2) is 8.34. The van der Waals surface area contributed by atoms with Gasteiger partial charge in [0.1, 0.15) is 0 Å². The number of aromatic nitrogens is 6. The number of benzene rings is 1. The van der Waals surface area contributed by atoms with Crippen LogP contribution in [-0.4, -0.2) is 35.3 Å². The maximum Gasteiger partial charge on any atom is 0.417 e. The van der Waals surface area contributed by atoms with E-state index in [9.17, 15) is 18.0 Å². The van der Waals surface area contributed by atoms with Crippen molar-refractivity contribution in [3.8, 4) is 16.8 Å². The second-order valence-electron chi connectivity index (χ2n) is 7.36. The van der Waals surface area contributed by atoms with Gasteiger partial charge in [-0.05, 0) is 18.2 Å². The molecule has 172 valence electrons. The molecule has 5 rings (SSSR count). The number of fused-ring (bicyclic) bond motifs is 1. The summed E-state index contributed by atoms with van der Waals surface area (Å²) in [6.07, 6.45) is 2.89. The van der Waals surface area contributed by atoms with E-state index in [1.807, 2.05) is 30.3 Å². The molecular weight excluding hydrogens is 471 g/mol. The number of nitrogens with zero attached hydrogens (tertiary/aromatic N) is 5. The number of carbonyl (C=O) groups is 1. The van der Waals surface area contributed by atoms with Crippen molar-refractivity contribution in [1.82, 2.24) is 34.7 Å². The lowest BCUT2D eigenvalue weighted by Gasteiger charge is -2.09. The Morgan fingerprint density at radius 2 is 1.91 bits per heavy atom. The van der Waals surface area contributed by atoms with Crippen LogP contribution in [0.25, 0.3) is 22.5 Å². The maximum absolute atomic E-state index is 13.2. The molecule has 0 fully saturated rings. The molecular formula is C22H15ClF3N7O. The predicted molar refractivity (Wildman–Crippen MR) is 118 cm³/mol. The maximum atomic E-state index is 13.2. The van der Waals surface area contributed by atoms with E-state index in [1.54, 1.807) is 23.3 Å². The summed E-state index contributed by atoms with van der Waals surface area (Å²) in [4.78, 5) is 15.8. The highest BCUT2D eigenvalue weighted by Crippen LogP contribution is 2.32. The Morgan fingerprint density at radius 1 is 1.12 bits per heavy atom. The summed E-state index contributed by atoms with van der Waals surface area (Å²) in [6.45, 7) is -0.161. The predicted octanol–water partition coefficient (Wildman–Crippen LogP) is 4.51. The first-order chi connectivity index (χ1) is 16.3. The summed E-state index contributed by atoms with van der Waals surface area (Å²) in [5.74, 6) is -0.344. The average Bonchev–Trinajstić information content (AvgIpc) is 3.56. The molecule has 5 aromatic rings. The molecule has 0 aliphatic heterocycles. The van der Waals surface area contributed by atoms with E-state index in [1.165, 1.54) is 6.20 Å². The van der Waals surface area contributed by atoms with Gasteiger partial charge in [0.2, 0.25) is 0 Å². The zero-order valence-corrected chi connectivity index (χ0v) is 18.0. The summed E-state index contributed by atoms with van der Waals surface area (Å²) < 4.78 is 42.3. The third kappa shape index (κ3) is 4.01. The monoisotopic (exact) mass is 485 g/mol. The number of para-hydroxylation sites is 1. The number of H-pyrrole nitrogens is 1. The van der Waals surface area contributed by atoms with E-state index in [0.717, 1.165) is 22.4 Å². The smallest absolute Gasteiger partial charge is 0.366 e. The topological polar surface area (TPSA) is 92.9 Å². The van der Waals surface area contributed by atoms with Gasteiger partial charge in [-0.2, -0.15) is 18.3 Å². The van der Waals surface area contributed by atoms with Crippen LogP contribution in [0.5, 0.6) is 0 Å². The Kier molecular flexibility index (Phi) is 5.33. The number of pyridine rings is 1. The van der Waals surface area contributed by atoms with Gasteiger partial charge in [-0.25, -0.2) is 4.68 Å². The molecule has 0 bridgehead atoms. The fraction of sp³-hybridized carbons (Fsp3) is 0.0909. The van der Waals surface area contributed by atoms with Crippen LogP contribution in [0.1, 0.15) is 21.7 Å². The Hall–Kier alpha value is -4.12. The number of nitrogens with one attached hydrogen (secondary N) is 2. The number of carbonyl (C=O) groups excluding carboxylic acids is 1. The van der Waals surface area contributed by atoms with Gasteiger partial charge in [0.15, 0.2) is 11.5 Å². The Labute approximate surface area is 195 Å². The molecule has 8 nitrogen and oxygen atoms in total. The van der Waals surface area contributed by atoms with Crippen LogP contribution >= 0.6 is 11.6 Å². The zero-order valence-electron chi connectivity index (χ0n) is 17.2. The van der Waals surface area contributed by atoms with E-state index in [-0.39, 0.29) is 23.0 Å². The first kappa shape index (κ1) is 21.7. The van der Waals surface area contributed by atoms with Gasteiger partial charge in [-0.3, -0.25) is 9.20 Å². The standard InChI is InChI=1S/C22H15ClF3N7O/c23-18-6-14(22(24,25)26)12-32-19(30-31-20(18)32)10-28-21(34)17-9-27-8-16(17)13-7-29-33(11-13)15-4-2-1-3-5-15/h1-9,11-12,27H,10H2,(H,28,34). The molecule has 0 aliphatic carbocycles. The molecule has 0 saturated carbocycles. The van der Waals surface area contributed by atoms with Crippen molar-refractivity contribution < 1.29 is 18.0 Å². The highest BCUT2D eigenvalue weighted by atomic mass is 35.5. The van der Waals surface area contributed by atoms with E-state index < -0.39 is 17.6 Å². The molecule has 0 saturated heterocycles. The molecule has 4 heterocycles. The number of halogens is 4. The summed E-state index contributed by atoms with van der Waals surface area (Å²) in [7, 11) is 0. The second-order valence-corrected chi connectivity index (χ2v) is 7.77. The van der Waals surface area contributed by atoms with E-state index in [0.29, 0.717) is 16.7 Å². The van der Waals surface area contributed by atoms with Crippen LogP contribution in [0.3, 0.4) is 0 Å². The molecule has 0 aliphatic rings. The van der Waals surface area contributed by atoms with Crippen LogP contribution in [0.15, 0.2) is 67.4 Å². The average molecular weight is 486 g/mol. The van der Waals surface area contributed by atoms with E-state index in [4.69, 9.17) is 11.6 Å². The van der Waals surface area contributed by atoms with Crippen molar-refractivity contribution in [2.24, 2.45) is 0 Å². The number of hydrogen-bond donors (Lipinski definition) is 2. The number of hydrogen-bond acceptors (Lipinski definition) is 4. The Balaban J connectivity index is 1.37. The normalized spacial score (nSPS) is 11.8. The lowest BCUT2D eigenvalue weighted by atomic mass is 10.1. The fourth-order valence-corrected chi connectivity index (χ4v) is 3.75. The Bertz CT molecular complexity index is 1490. The van der Waals surface area contributed by atoms with Crippen molar-refractivity contribution in [2.75, 3.05) is 0 Å². The van der Waals surface area contributed by atoms with Crippen molar-refractivity contribution in [3.05, 3.63) is 89.4 Å². The van der Waals surface area contributed by atoms with Crippen LogP contribution in [0.4, 0.5) is 13.2 Å². The van der Waals surface area contributed by atoms with Crippen LogP contribution in [0.2, 0.25) is 5.02 Å². The summed E-state index contributed by atoms with van der Waals surface area (Å²) in [5, 5.41) is 14.5. The lowest BCUT2D eigenvalue weighted by Crippen LogP contribution is -2.24. The first-order valence-corrected chi connectivity index (χ1v) is 10.3. The van der Waals surface area contributed by atoms with E-state index >= 15 is 0 Å². The minimum absolute atomic E-state index is 0.0644. The van der Waals surface area contributed by atoms with Crippen molar-refractivity contribution in [1.29, 1.82) is 0 Å². The van der Waals surface area contributed by atoms with Gasteiger partial charge in [0.25, 0.3) is 5.91 Å².